The molecule has 0 bridgehead atoms. The number of nitrogens with one attached hydrogen (secondary N) is 2. The summed E-state index contributed by atoms with van der Waals surface area (Å²) in [4.78, 5) is 13.4. The molecule has 166 valence electrons. The van der Waals surface area contributed by atoms with E-state index >= 15 is 0 Å². The van der Waals surface area contributed by atoms with Gasteiger partial charge in [0.15, 0.2) is 5.96 Å². The molecule has 2 atom stereocenters. The SMILES string of the molecule is CN=C(NCC1CN(C)CCN1C)NCC(c1cccs1)N1CCC(C)CC1.I. The standard InChI is InChI=1S/C21H38N6S.HI/c1-17-7-9-27(10-8-17)19(20-6-5-13-28-20)15-24-21(22-2)23-14-18-16-25(3)11-12-26(18)4;/h5-6,13,17-19H,7-12,14-16H2,1-4H3,(H2,22,23,24);1H. The zero-order chi connectivity index (χ0) is 19.9. The van der Waals surface area contributed by atoms with Gasteiger partial charge in [0, 0.05) is 50.7 Å². The molecule has 3 heterocycles. The maximum Gasteiger partial charge on any atom is 0.191 e. The number of hydrogen-bond acceptors (Lipinski definition) is 5. The smallest absolute Gasteiger partial charge is 0.191 e. The van der Waals surface area contributed by atoms with E-state index in [2.05, 4.69) is 68.9 Å². The Labute approximate surface area is 198 Å². The number of halogens is 1. The summed E-state index contributed by atoms with van der Waals surface area (Å²) in [6.45, 7) is 9.96. The molecule has 2 unspecified atom stereocenters. The zero-order valence-corrected chi connectivity index (χ0v) is 21.6. The Kier molecular flexibility index (Phi) is 10.7. The Morgan fingerprint density at radius 3 is 2.62 bits per heavy atom. The van der Waals surface area contributed by atoms with Crippen LogP contribution in [0.2, 0.25) is 0 Å². The Morgan fingerprint density at radius 2 is 1.97 bits per heavy atom. The average Bonchev–Trinajstić information content (AvgIpc) is 3.22. The summed E-state index contributed by atoms with van der Waals surface area (Å²) >= 11 is 1.87. The fraction of sp³-hybridized carbons (Fsp3) is 0.762. The molecule has 2 N–H and O–H groups in total. The van der Waals surface area contributed by atoms with Crippen molar-refractivity contribution in [2.75, 3.05) is 67.0 Å². The minimum Gasteiger partial charge on any atom is -0.355 e. The summed E-state index contributed by atoms with van der Waals surface area (Å²) in [6.07, 6.45) is 2.60. The molecule has 2 fully saturated rings. The third kappa shape index (κ3) is 7.34. The van der Waals surface area contributed by atoms with E-state index in [9.17, 15) is 0 Å². The van der Waals surface area contributed by atoms with E-state index in [1.54, 1.807) is 0 Å². The van der Waals surface area contributed by atoms with Crippen LogP contribution >= 0.6 is 35.3 Å². The molecule has 0 aromatic carbocycles. The van der Waals surface area contributed by atoms with E-state index in [0.29, 0.717) is 12.1 Å². The number of nitrogens with zero attached hydrogens (tertiary/aromatic N) is 4. The van der Waals surface area contributed by atoms with E-state index in [4.69, 9.17) is 0 Å². The third-order valence-electron chi connectivity index (χ3n) is 6.30. The van der Waals surface area contributed by atoms with Crippen LogP contribution in [-0.2, 0) is 0 Å². The van der Waals surface area contributed by atoms with Crippen molar-refractivity contribution >= 4 is 41.3 Å². The van der Waals surface area contributed by atoms with Gasteiger partial charge in [0.1, 0.15) is 0 Å². The highest BCUT2D eigenvalue weighted by Gasteiger charge is 2.26. The van der Waals surface area contributed by atoms with Crippen LogP contribution in [0.4, 0.5) is 0 Å². The number of piperidine rings is 1. The van der Waals surface area contributed by atoms with Crippen LogP contribution in [0.5, 0.6) is 0 Å². The number of likely N-dealkylation sites (N-methyl/N-ethyl adjacent to an activating group) is 2. The van der Waals surface area contributed by atoms with Crippen LogP contribution in [-0.4, -0.2) is 93.7 Å². The monoisotopic (exact) mass is 534 g/mol. The van der Waals surface area contributed by atoms with Crippen molar-refractivity contribution in [3.8, 4) is 0 Å². The lowest BCUT2D eigenvalue weighted by Gasteiger charge is -2.38. The lowest BCUT2D eigenvalue weighted by molar-refractivity contribution is 0.116. The highest BCUT2D eigenvalue weighted by molar-refractivity contribution is 14.0. The van der Waals surface area contributed by atoms with Crippen molar-refractivity contribution in [2.45, 2.75) is 31.8 Å². The number of thiophene rings is 1. The largest absolute Gasteiger partial charge is 0.355 e. The molecule has 29 heavy (non-hydrogen) atoms. The van der Waals surface area contributed by atoms with Crippen LogP contribution in [0.15, 0.2) is 22.5 Å². The van der Waals surface area contributed by atoms with E-state index in [0.717, 1.165) is 44.6 Å². The topological polar surface area (TPSA) is 46.1 Å². The summed E-state index contributed by atoms with van der Waals surface area (Å²) in [5, 5.41) is 9.35. The molecule has 2 saturated heterocycles. The van der Waals surface area contributed by atoms with Crippen LogP contribution in [0, 0.1) is 5.92 Å². The first-order valence-corrected chi connectivity index (χ1v) is 11.6. The summed E-state index contributed by atoms with van der Waals surface area (Å²) in [5.74, 6) is 1.77. The number of likely N-dealkylation sites (tertiary alicyclic amines) is 1. The number of piperazine rings is 1. The molecular formula is C21H39IN6S. The minimum absolute atomic E-state index is 0. The molecular weight excluding hydrogens is 495 g/mol. The van der Waals surface area contributed by atoms with Gasteiger partial charge in [-0.3, -0.25) is 14.8 Å². The maximum atomic E-state index is 4.47. The third-order valence-corrected chi connectivity index (χ3v) is 7.28. The van der Waals surface area contributed by atoms with Crippen molar-refractivity contribution in [3.05, 3.63) is 22.4 Å². The lowest BCUT2D eigenvalue weighted by Crippen LogP contribution is -2.55. The lowest BCUT2D eigenvalue weighted by atomic mass is 9.97. The fourth-order valence-corrected chi connectivity index (χ4v) is 5.04. The van der Waals surface area contributed by atoms with Gasteiger partial charge < -0.3 is 15.5 Å². The summed E-state index contributed by atoms with van der Waals surface area (Å²) < 4.78 is 0. The normalized spacial score (nSPS) is 24.1. The highest BCUT2D eigenvalue weighted by Crippen LogP contribution is 2.29. The molecule has 0 spiro atoms. The predicted molar refractivity (Wildman–Crippen MR) is 136 cm³/mol. The Morgan fingerprint density at radius 1 is 1.21 bits per heavy atom. The molecule has 0 amide bonds. The van der Waals surface area contributed by atoms with Gasteiger partial charge >= 0.3 is 0 Å². The van der Waals surface area contributed by atoms with Gasteiger partial charge in [-0.1, -0.05) is 13.0 Å². The zero-order valence-electron chi connectivity index (χ0n) is 18.4. The van der Waals surface area contributed by atoms with Crippen molar-refractivity contribution in [2.24, 2.45) is 10.9 Å². The second-order valence-corrected chi connectivity index (χ2v) is 9.46. The van der Waals surface area contributed by atoms with Crippen molar-refractivity contribution < 1.29 is 0 Å². The van der Waals surface area contributed by atoms with Gasteiger partial charge in [-0.2, -0.15) is 0 Å². The first-order chi connectivity index (χ1) is 13.6. The highest BCUT2D eigenvalue weighted by atomic mass is 127. The van der Waals surface area contributed by atoms with Crippen LogP contribution in [0.1, 0.15) is 30.7 Å². The Hall–Kier alpha value is -0.420. The average molecular weight is 535 g/mol. The molecule has 2 aliphatic rings. The Bertz CT molecular complexity index is 602. The molecule has 8 heteroatoms. The van der Waals surface area contributed by atoms with Crippen LogP contribution in [0.25, 0.3) is 0 Å². The van der Waals surface area contributed by atoms with Crippen LogP contribution in [0.3, 0.4) is 0 Å². The molecule has 3 rings (SSSR count). The summed E-state index contributed by atoms with van der Waals surface area (Å²) in [6, 6.07) is 5.39. The molecule has 1 aromatic heterocycles. The molecule has 0 radical (unpaired) electrons. The maximum absolute atomic E-state index is 4.47. The second-order valence-electron chi connectivity index (χ2n) is 8.48. The molecule has 1 aromatic rings. The van der Waals surface area contributed by atoms with Gasteiger partial charge in [-0.05, 0) is 57.4 Å². The minimum atomic E-state index is 0. The van der Waals surface area contributed by atoms with Gasteiger partial charge in [-0.15, -0.1) is 35.3 Å². The molecule has 0 saturated carbocycles. The van der Waals surface area contributed by atoms with Crippen molar-refractivity contribution in [1.29, 1.82) is 0 Å². The van der Waals surface area contributed by atoms with Gasteiger partial charge in [0.2, 0.25) is 0 Å². The van der Waals surface area contributed by atoms with Crippen molar-refractivity contribution in [1.82, 2.24) is 25.3 Å². The molecule has 6 nitrogen and oxygen atoms in total. The van der Waals surface area contributed by atoms with Crippen molar-refractivity contribution in [3.63, 3.8) is 0 Å². The van der Waals surface area contributed by atoms with Gasteiger partial charge in [-0.25, -0.2) is 0 Å². The Balaban J connectivity index is 0.00000300. The number of aliphatic imine (C=N–C) groups is 1. The second kappa shape index (κ2) is 12.4. The predicted octanol–water partition coefficient (Wildman–Crippen LogP) is 2.55. The number of guanidine groups is 1. The van der Waals surface area contributed by atoms with Gasteiger partial charge in [0.25, 0.3) is 0 Å². The first-order valence-electron chi connectivity index (χ1n) is 10.7. The number of hydrogen-bond donors (Lipinski definition) is 2. The number of rotatable bonds is 6. The quantitative estimate of drug-likeness (QED) is 0.334. The molecule has 0 aliphatic carbocycles. The van der Waals surface area contributed by atoms with E-state index in [1.807, 2.05) is 18.4 Å². The summed E-state index contributed by atoms with van der Waals surface area (Å²) in [7, 11) is 6.30. The van der Waals surface area contributed by atoms with E-state index in [-0.39, 0.29) is 24.0 Å². The van der Waals surface area contributed by atoms with Gasteiger partial charge in [0.05, 0.1) is 6.04 Å². The summed E-state index contributed by atoms with van der Waals surface area (Å²) in [5.41, 5.74) is 0. The van der Waals surface area contributed by atoms with Crippen LogP contribution < -0.4 is 10.6 Å². The molecule has 2 aliphatic heterocycles. The van der Waals surface area contributed by atoms with E-state index < -0.39 is 0 Å². The first kappa shape index (κ1) is 24.8. The van der Waals surface area contributed by atoms with E-state index in [1.165, 1.54) is 30.8 Å². The fourth-order valence-electron chi connectivity index (χ4n) is 4.18.